The van der Waals surface area contributed by atoms with Crippen molar-refractivity contribution in [2.24, 2.45) is 0 Å². The van der Waals surface area contributed by atoms with E-state index in [9.17, 15) is 0 Å². The summed E-state index contributed by atoms with van der Waals surface area (Å²) in [6.45, 7) is 0. The standard InChI is InChI=1S/C51H34N4/c1-5-17-35(18-6-1)45-34-46(36-19-7-2-8-20-36)54-51(53-45)39-23-15-22-38(33-39)50-43-32-31-37-21-16-30-47(48(37)49(43)42-28-13-14-29-44(42)52-50)55(40-24-9-3-10-25-40)41-26-11-4-12-27-41/h1-34H. The molecular formula is C51H34N4. The molecule has 55 heavy (non-hydrogen) atoms. The van der Waals surface area contributed by atoms with E-state index in [0.29, 0.717) is 5.82 Å². The summed E-state index contributed by atoms with van der Waals surface area (Å²) in [6, 6.07) is 72.0. The number of fused-ring (bicyclic) bond motifs is 5. The van der Waals surface area contributed by atoms with Gasteiger partial charge in [-0.25, -0.2) is 15.0 Å². The number of rotatable bonds is 7. The minimum Gasteiger partial charge on any atom is -0.310 e. The second-order valence-electron chi connectivity index (χ2n) is 13.6. The Labute approximate surface area is 319 Å². The molecule has 0 aliphatic carbocycles. The number of hydrogen-bond donors (Lipinski definition) is 0. The molecule has 0 unspecified atom stereocenters. The fourth-order valence-electron chi connectivity index (χ4n) is 7.68. The SMILES string of the molecule is c1ccc(-c2cc(-c3ccccc3)nc(-c3cccc(-c4nc5ccccc5c5c4ccc4cccc(N(c6ccccc6)c6ccccc6)c45)c3)n2)cc1. The molecule has 10 aromatic rings. The normalized spacial score (nSPS) is 11.3. The monoisotopic (exact) mass is 702 g/mol. The maximum absolute atomic E-state index is 5.38. The van der Waals surface area contributed by atoms with Crippen molar-refractivity contribution in [2.45, 2.75) is 0 Å². The van der Waals surface area contributed by atoms with Gasteiger partial charge in [0.05, 0.1) is 28.3 Å². The average molecular weight is 703 g/mol. The molecule has 8 aromatic carbocycles. The second-order valence-corrected chi connectivity index (χ2v) is 13.6. The van der Waals surface area contributed by atoms with E-state index in [-0.39, 0.29) is 0 Å². The summed E-state index contributed by atoms with van der Waals surface area (Å²) in [5.74, 6) is 0.668. The molecule has 2 aromatic heterocycles. The molecular weight excluding hydrogens is 669 g/mol. The van der Waals surface area contributed by atoms with Gasteiger partial charge >= 0.3 is 0 Å². The summed E-state index contributed by atoms with van der Waals surface area (Å²) >= 11 is 0. The van der Waals surface area contributed by atoms with E-state index in [1.807, 2.05) is 36.4 Å². The van der Waals surface area contributed by atoms with Crippen LogP contribution in [-0.2, 0) is 0 Å². The summed E-state index contributed by atoms with van der Waals surface area (Å²) in [5, 5.41) is 5.71. The molecule has 258 valence electrons. The smallest absolute Gasteiger partial charge is 0.160 e. The highest BCUT2D eigenvalue weighted by Crippen LogP contribution is 2.45. The Hall–Kier alpha value is -7.43. The van der Waals surface area contributed by atoms with E-state index in [1.165, 1.54) is 10.8 Å². The van der Waals surface area contributed by atoms with Crippen LogP contribution in [-0.4, -0.2) is 15.0 Å². The molecule has 0 fully saturated rings. The lowest BCUT2D eigenvalue weighted by molar-refractivity contribution is 1.18. The van der Waals surface area contributed by atoms with Crippen LogP contribution in [0.25, 0.3) is 77.6 Å². The maximum atomic E-state index is 5.38. The predicted octanol–water partition coefficient (Wildman–Crippen LogP) is 13.5. The average Bonchev–Trinajstić information content (AvgIpc) is 3.27. The van der Waals surface area contributed by atoms with Gasteiger partial charge in [0.15, 0.2) is 5.82 Å². The summed E-state index contributed by atoms with van der Waals surface area (Å²) in [6.07, 6.45) is 0. The zero-order chi connectivity index (χ0) is 36.6. The minimum atomic E-state index is 0.668. The molecule has 0 amide bonds. The molecule has 4 heteroatoms. The van der Waals surface area contributed by atoms with Gasteiger partial charge in [0.2, 0.25) is 0 Å². The number of benzene rings is 8. The van der Waals surface area contributed by atoms with Gasteiger partial charge in [-0.15, -0.1) is 0 Å². The van der Waals surface area contributed by atoms with Crippen LogP contribution in [0.1, 0.15) is 0 Å². The molecule has 0 aliphatic heterocycles. The van der Waals surface area contributed by atoms with Crippen LogP contribution < -0.4 is 4.90 Å². The van der Waals surface area contributed by atoms with Gasteiger partial charge in [0, 0.05) is 55.2 Å². The molecule has 10 rings (SSSR count). The third-order valence-corrected chi connectivity index (χ3v) is 10.2. The number of pyridine rings is 1. The van der Waals surface area contributed by atoms with Crippen molar-refractivity contribution < 1.29 is 0 Å². The van der Waals surface area contributed by atoms with Crippen LogP contribution in [0.15, 0.2) is 206 Å². The molecule has 0 aliphatic rings. The van der Waals surface area contributed by atoms with Crippen LogP contribution in [0, 0.1) is 0 Å². The Morgan fingerprint density at radius 2 is 0.891 bits per heavy atom. The topological polar surface area (TPSA) is 41.9 Å². The summed E-state index contributed by atoms with van der Waals surface area (Å²) in [5.41, 5.74) is 10.9. The minimum absolute atomic E-state index is 0.668. The first-order valence-corrected chi connectivity index (χ1v) is 18.5. The summed E-state index contributed by atoms with van der Waals surface area (Å²) in [4.78, 5) is 18.0. The van der Waals surface area contributed by atoms with Gasteiger partial charge in [0.25, 0.3) is 0 Å². The van der Waals surface area contributed by atoms with Gasteiger partial charge in [-0.05, 0) is 53.9 Å². The molecule has 0 radical (unpaired) electrons. The number of anilines is 3. The van der Waals surface area contributed by atoms with E-state index in [0.717, 1.165) is 78.1 Å². The molecule has 0 atom stereocenters. The van der Waals surface area contributed by atoms with Crippen molar-refractivity contribution in [3.05, 3.63) is 206 Å². The van der Waals surface area contributed by atoms with E-state index in [2.05, 4.69) is 175 Å². The molecule has 2 heterocycles. The van der Waals surface area contributed by atoms with Gasteiger partial charge in [-0.2, -0.15) is 0 Å². The maximum Gasteiger partial charge on any atom is 0.160 e. The molecule has 0 spiro atoms. The summed E-state index contributed by atoms with van der Waals surface area (Å²) < 4.78 is 0. The van der Waals surface area contributed by atoms with Crippen LogP contribution in [0.5, 0.6) is 0 Å². The highest BCUT2D eigenvalue weighted by atomic mass is 15.1. The highest BCUT2D eigenvalue weighted by Gasteiger charge is 2.20. The lowest BCUT2D eigenvalue weighted by atomic mass is 9.93. The fourth-order valence-corrected chi connectivity index (χ4v) is 7.68. The van der Waals surface area contributed by atoms with Crippen LogP contribution in [0.3, 0.4) is 0 Å². The van der Waals surface area contributed by atoms with E-state index in [1.54, 1.807) is 0 Å². The van der Waals surface area contributed by atoms with Crippen LogP contribution in [0.4, 0.5) is 17.1 Å². The van der Waals surface area contributed by atoms with Crippen molar-refractivity contribution in [2.75, 3.05) is 4.90 Å². The quantitative estimate of drug-likeness (QED) is 0.155. The highest BCUT2D eigenvalue weighted by molar-refractivity contribution is 6.26. The van der Waals surface area contributed by atoms with Crippen molar-refractivity contribution >= 4 is 49.5 Å². The number of aromatic nitrogens is 3. The van der Waals surface area contributed by atoms with Crippen molar-refractivity contribution in [1.29, 1.82) is 0 Å². The molecule has 4 nitrogen and oxygen atoms in total. The van der Waals surface area contributed by atoms with Gasteiger partial charge in [-0.3, -0.25) is 0 Å². The van der Waals surface area contributed by atoms with Crippen LogP contribution in [0.2, 0.25) is 0 Å². The number of hydrogen-bond acceptors (Lipinski definition) is 4. The Morgan fingerprint density at radius 1 is 0.345 bits per heavy atom. The van der Waals surface area contributed by atoms with Gasteiger partial charge in [-0.1, -0.05) is 158 Å². The molecule has 0 saturated heterocycles. The van der Waals surface area contributed by atoms with Gasteiger partial charge in [0.1, 0.15) is 0 Å². The Balaban J connectivity index is 1.21. The second kappa shape index (κ2) is 13.8. The lowest BCUT2D eigenvalue weighted by Gasteiger charge is -2.27. The van der Waals surface area contributed by atoms with E-state index >= 15 is 0 Å². The molecule has 0 N–H and O–H groups in total. The van der Waals surface area contributed by atoms with Gasteiger partial charge < -0.3 is 4.90 Å². The number of para-hydroxylation sites is 3. The predicted molar refractivity (Wildman–Crippen MR) is 229 cm³/mol. The van der Waals surface area contributed by atoms with Crippen LogP contribution >= 0.6 is 0 Å². The zero-order valence-electron chi connectivity index (χ0n) is 29.9. The Kier molecular flexibility index (Phi) is 8.12. The molecule has 0 saturated carbocycles. The zero-order valence-corrected chi connectivity index (χ0v) is 29.9. The third kappa shape index (κ3) is 5.96. The largest absolute Gasteiger partial charge is 0.310 e. The number of nitrogens with zero attached hydrogens (tertiary/aromatic N) is 4. The van der Waals surface area contributed by atoms with Crippen molar-refractivity contribution in [3.63, 3.8) is 0 Å². The third-order valence-electron chi connectivity index (χ3n) is 10.2. The first-order chi connectivity index (χ1) is 27.3. The first kappa shape index (κ1) is 32.2. The van der Waals surface area contributed by atoms with Crippen molar-refractivity contribution in [3.8, 4) is 45.2 Å². The molecule has 0 bridgehead atoms. The first-order valence-electron chi connectivity index (χ1n) is 18.5. The fraction of sp³-hybridized carbons (Fsp3) is 0. The Bertz CT molecular complexity index is 2870. The lowest BCUT2D eigenvalue weighted by Crippen LogP contribution is -2.10. The van der Waals surface area contributed by atoms with E-state index < -0.39 is 0 Å². The Morgan fingerprint density at radius 3 is 1.55 bits per heavy atom. The van der Waals surface area contributed by atoms with E-state index in [4.69, 9.17) is 15.0 Å². The summed E-state index contributed by atoms with van der Waals surface area (Å²) in [7, 11) is 0. The van der Waals surface area contributed by atoms with Crippen molar-refractivity contribution in [1.82, 2.24) is 15.0 Å².